The van der Waals surface area contributed by atoms with E-state index in [1.165, 1.54) is 25.1 Å². The van der Waals surface area contributed by atoms with Gasteiger partial charge >= 0.3 is 0 Å². The number of nitrogens with zero attached hydrogens (tertiary/aromatic N) is 1. The average Bonchev–Trinajstić information content (AvgIpc) is 2.28. The molecule has 0 saturated carbocycles. The number of nitro groups is 1. The van der Waals surface area contributed by atoms with Gasteiger partial charge in [-0.25, -0.2) is 0 Å². The smallest absolute Gasteiger partial charge is 0.269 e. The van der Waals surface area contributed by atoms with Crippen LogP contribution in [0.3, 0.4) is 0 Å². The van der Waals surface area contributed by atoms with Crippen molar-refractivity contribution >= 4 is 23.2 Å². The van der Waals surface area contributed by atoms with Gasteiger partial charge < -0.3 is 10.6 Å². The second kappa shape index (κ2) is 4.44. The summed E-state index contributed by atoms with van der Waals surface area (Å²) in [7, 11) is 0. The standard InChI is InChI=1S/C11H11N3O4/c1-6(15)12-10-5-7-4-8(14(17)18)2-3-9(7)13-11(10)16/h2-4,10H,5H2,1H3,(H,12,15)(H,13,16). The minimum Gasteiger partial charge on any atom is -0.344 e. The van der Waals surface area contributed by atoms with Gasteiger partial charge in [0.05, 0.1) is 4.92 Å². The normalized spacial score (nSPS) is 17.6. The number of hydrogen-bond acceptors (Lipinski definition) is 4. The van der Waals surface area contributed by atoms with Crippen molar-refractivity contribution in [2.24, 2.45) is 0 Å². The molecule has 2 amide bonds. The number of carbonyl (C=O) groups is 2. The lowest BCUT2D eigenvalue weighted by molar-refractivity contribution is -0.384. The quantitative estimate of drug-likeness (QED) is 0.591. The Morgan fingerprint density at radius 3 is 2.89 bits per heavy atom. The average molecular weight is 249 g/mol. The number of carbonyl (C=O) groups excluding carboxylic acids is 2. The molecule has 2 N–H and O–H groups in total. The molecule has 0 fully saturated rings. The van der Waals surface area contributed by atoms with Gasteiger partial charge in [-0.2, -0.15) is 0 Å². The molecule has 1 aliphatic rings. The third-order valence-corrected chi connectivity index (χ3v) is 2.68. The van der Waals surface area contributed by atoms with Crippen molar-refractivity contribution in [1.29, 1.82) is 0 Å². The van der Waals surface area contributed by atoms with E-state index in [1.807, 2.05) is 0 Å². The lowest BCUT2D eigenvalue weighted by Crippen LogP contribution is -2.46. The van der Waals surface area contributed by atoms with Crippen LogP contribution in [0.4, 0.5) is 11.4 Å². The number of fused-ring (bicyclic) bond motifs is 1. The Kier molecular flexibility index (Phi) is 2.97. The van der Waals surface area contributed by atoms with E-state index < -0.39 is 11.0 Å². The number of hydrogen-bond donors (Lipinski definition) is 2. The van der Waals surface area contributed by atoms with Crippen LogP contribution in [0.1, 0.15) is 12.5 Å². The van der Waals surface area contributed by atoms with E-state index in [9.17, 15) is 19.7 Å². The molecule has 18 heavy (non-hydrogen) atoms. The number of benzene rings is 1. The largest absolute Gasteiger partial charge is 0.344 e. The van der Waals surface area contributed by atoms with Gasteiger partial charge in [-0.3, -0.25) is 19.7 Å². The van der Waals surface area contributed by atoms with Gasteiger partial charge in [0.2, 0.25) is 11.8 Å². The van der Waals surface area contributed by atoms with Gasteiger partial charge in [0.1, 0.15) is 6.04 Å². The van der Waals surface area contributed by atoms with Gasteiger partial charge in [0.15, 0.2) is 0 Å². The molecule has 7 nitrogen and oxygen atoms in total. The maximum absolute atomic E-state index is 11.7. The first kappa shape index (κ1) is 12.0. The molecule has 1 heterocycles. The Labute approximate surface area is 102 Å². The number of rotatable bonds is 2. The maximum Gasteiger partial charge on any atom is 0.269 e. The van der Waals surface area contributed by atoms with E-state index in [0.717, 1.165) is 0 Å². The second-order valence-corrected chi connectivity index (χ2v) is 4.05. The molecule has 1 aromatic rings. The highest BCUT2D eigenvalue weighted by molar-refractivity contribution is 6.00. The lowest BCUT2D eigenvalue weighted by atomic mass is 9.98. The Balaban J connectivity index is 2.30. The summed E-state index contributed by atoms with van der Waals surface area (Å²) in [4.78, 5) is 32.8. The molecule has 94 valence electrons. The zero-order valence-corrected chi connectivity index (χ0v) is 9.60. The third kappa shape index (κ3) is 2.29. The molecule has 7 heteroatoms. The molecule has 0 radical (unpaired) electrons. The van der Waals surface area contributed by atoms with Crippen molar-refractivity contribution in [2.75, 3.05) is 5.32 Å². The van der Waals surface area contributed by atoms with Crippen LogP contribution in [-0.2, 0) is 16.0 Å². The minimum atomic E-state index is -0.683. The van der Waals surface area contributed by atoms with Gasteiger partial charge in [0.25, 0.3) is 5.69 Å². The second-order valence-electron chi connectivity index (χ2n) is 4.05. The van der Waals surface area contributed by atoms with E-state index in [1.54, 1.807) is 0 Å². The Hall–Kier alpha value is -2.44. The highest BCUT2D eigenvalue weighted by atomic mass is 16.6. The monoisotopic (exact) mass is 249 g/mol. The summed E-state index contributed by atoms with van der Waals surface area (Å²) in [6, 6.07) is 3.55. The fourth-order valence-electron chi connectivity index (χ4n) is 1.88. The van der Waals surface area contributed by atoms with E-state index in [-0.39, 0.29) is 23.9 Å². The van der Waals surface area contributed by atoms with E-state index >= 15 is 0 Å². The van der Waals surface area contributed by atoms with Gasteiger partial charge in [-0.1, -0.05) is 0 Å². The molecule has 1 unspecified atom stereocenters. The summed E-state index contributed by atoms with van der Waals surface area (Å²) in [5, 5.41) is 15.8. The van der Waals surface area contributed by atoms with E-state index in [2.05, 4.69) is 10.6 Å². The minimum absolute atomic E-state index is 0.0357. The van der Waals surface area contributed by atoms with Crippen molar-refractivity contribution in [3.8, 4) is 0 Å². The van der Waals surface area contributed by atoms with Gasteiger partial charge in [-0.15, -0.1) is 0 Å². The predicted octanol–water partition coefficient (Wildman–Crippen LogP) is 0.594. The van der Waals surface area contributed by atoms with Crippen molar-refractivity contribution in [3.05, 3.63) is 33.9 Å². The van der Waals surface area contributed by atoms with Crippen molar-refractivity contribution in [3.63, 3.8) is 0 Å². The first-order valence-corrected chi connectivity index (χ1v) is 5.32. The molecule has 0 spiro atoms. The highest BCUT2D eigenvalue weighted by Crippen LogP contribution is 2.26. The van der Waals surface area contributed by atoms with Crippen molar-refractivity contribution < 1.29 is 14.5 Å². The van der Waals surface area contributed by atoms with Gasteiger partial charge in [0, 0.05) is 31.2 Å². The molecule has 0 saturated heterocycles. The Morgan fingerprint density at radius 2 is 2.28 bits per heavy atom. The number of non-ortho nitro benzene ring substituents is 1. The molecular formula is C11H11N3O4. The number of nitro benzene ring substituents is 1. The molecular weight excluding hydrogens is 238 g/mol. The highest BCUT2D eigenvalue weighted by Gasteiger charge is 2.27. The van der Waals surface area contributed by atoms with Crippen LogP contribution in [0, 0.1) is 10.1 Å². The molecule has 1 aliphatic heterocycles. The Morgan fingerprint density at radius 1 is 1.56 bits per heavy atom. The Bertz CT molecular complexity index is 541. The van der Waals surface area contributed by atoms with Gasteiger partial charge in [-0.05, 0) is 11.6 Å². The first-order valence-electron chi connectivity index (χ1n) is 5.32. The SMILES string of the molecule is CC(=O)NC1Cc2cc([N+](=O)[O-])ccc2NC1=O. The van der Waals surface area contributed by atoms with Crippen LogP contribution < -0.4 is 10.6 Å². The zero-order chi connectivity index (χ0) is 13.3. The molecule has 2 rings (SSSR count). The van der Waals surface area contributed by atoms with Crippen molar-refractivity contribution in [1.82, 2.24) is 5.32 Å². The fourth-order valence-corrected chi connectivity index (χ4v) is 1.88. The topological polar surface area (TPSA) is 101 Å². The fraction of sp³-hybridized carbons (Fsp3) is 0.273. The summed E-state index contributed by atoms with van der Waals surface area (Å²) in [5.74, 6) is -0.629. The molecule has 0 bridgehead atoms. The predicted molar refractivity (Wildman–Crippen MR) is 63.0 cm³/mol. The third-order valence-electron chi connectivity index (χ3n) is 2.68. The number of anilines is 1. The summed E-state index contributed by atoms with van der Waals surface area (Å²) in [6.45, 7) is 1.32. The summed E-state index contributed by atoms with van der Waals surface area (Å²) >= 11 is 0. The summed E-state index contributed by atoms with van der Waals surface area (Å²) < 4.78 is 0. The van der Waals surface area contributed by atoms with E-state index in [0.29, 0.717) is 11.3 Å². The van der Waals surface area contributed by atoms with Crippen LogP contribution in [0.25, 0.3) is 0 Å². The lowest BCUT2D eigenvalue weighted by Gasteiger charge is -2.24. The van der Waals surface area contributed by atoms with Crippen LogP contribution >= 0.6 is 0 Å². The molecule has 1 aromatic carbocycles. The van der Waals surface area contributed by atoms with Crippen LogP contribution in [0.2, 0.25) is 0 Å². The first-order chi connectivity index (χ1) is 8.47. The van der Waals surface area contributed by atoms with E-state index in [4.69, 9.17) is 0 Å². The van der Waals surface area contributed by atoms with Crippen LogP contribution in [0.5, 0.6) is 0 Å². The number of amides is 2. The van der Waals surface area contributed by atoms with Crippen LogP contribution in [-0.4, -0.2) is 22.8 Å². The number of nitrogens with one attached hydrogen (secondary N) is 2. The maximum atomic E-state index is 11.7. The molecule has 0 aromatic heterocycles. The van der Waals surface area contributed by atoms with Crippen molar-refractivity contribution in [2.45, 2.75) is 19.4 Å². The summed E-state index contributed by atoms with van der Waals surface area (Å²) in [6.07, 6.45) is 0.252. The molecule has 1 atom stereocenters. The molecule has 0 aliphatic carbocycles. The van der Waals surface area contributed by atoms with Crippen LogP contribution in [0.15, 0.2) is 18.2 Å². The summed E-state index contributed by atoms with van der Waals surface area (Å²) in [5.41, 5.74) is 1.15. The zero-order valence-electron chi connectivity index (χ0n) is 9.60.